The molecule has 1 N–H and O–H groups in total. The molecule has 33 heavy (non-hydrogen) atoms. The summed E-state index contributed by atoms with van der Waals surface area (Å²) < 4.78 is 0. The number of benzene rings is 2. The number of amides is 5. The first-order chi connectivity index (χ1) is 16.0. The first kappa shape index (κ1) is 22.2. The molecule has 2 aromatic rings. The average molecular weight is 448 g/mol. The molecule has 4 rings (SSSR count). The zero-order chi connectivity index (χ0) is 23.4. The van der Waals surface area contributed by atoms with Crippen molar-refractivity contribution < 1.29 is 24.0 Å². The van der Waals surface area contributed by atoms with Crippen LogP contribution < -0.4 is 5.32 Å². The third kappa shape index (κ3) is 4.77. The fraction of sp³-hybridized carbons (Fsp3) is 0.292. The van der Waals surface area contributed by atoms with Crippen molar-refractivity contribution >= 4 is 29.5 Å². The Kier molecular flexibility index (Phi) is 6.48. The number of imide groups is 1. The fourth-order valence-corrected chi connectivity index (χ4v) is 3.99. The van der Waals surface area contributed by atoms with Crippen LogP contribution in [0, 0.1) is 0 Å². The van der Waals surface area contributed by atoms with Gasteiger partial charge < -0.3 is 15.1 Å². The van der Waals surface area contributed by atoms with Crippen molar-refractivity contribution in [2.75, 3.05) is 39.3 Å². The van der Waals surface area contributed by atoms with Crippen molar-refractivity contribution in [1.82, 2.24) is 20.0 Å². The summed E-state index contributed by atoms with van der Waals surface area (Å²) in [5.74, 6) is -1.82. The van der Waals surface area contributed by atoms with E-state index in [2.05, 4.69) is 5.32 Å². The zero-order valence-electron chi connectivity index (χ0n) is 18.0. The quantitative estimate of drug-likeness (QED) is 0.680. The molecule has 0 atom stereocenters. The second-order valence-electron chi connectivity index (χ2n) is 7.91. The molecule has 1 saturated heterocycles. The number of hydrogen-bond acceptors (Lipinski definition) is 5. The number of rotatable bonds is 5. The fourth-order valence-electron chi connectivity index (χ4n) is 3.99. The van der Waals surface area contributed by atoms with E-state index in [0.29, 0.717) is 49.3 Å². The average Bonchev–Trinajstić information content (AvgIpc) is 3.01. The summed E-state index contributed by atoms with van der Waals surface area (Å²) in [6.45, 7) is 1.03. The molecule has 0 spiro atoms. The summed E-state index contributed by atoms with van der Waals surface area (Å²) in [6.07, 6.45) is 0.562. The van der Waals surface area contributed by atoms with E-state index in [1.54, 1.807) is 64.4 Å². The van der Waals surface area contributed by atoms with E-state index in [-0.39, 0.29) is 30.8 Å². The van der Waals surface area contributed by atoms with Gasteiger partial charge in [0.1, 0.15) is 6.54 Å². The molecule has 2 heterocycles. The van der Waals surface area contributed by atoms with Gasteiger partial charge >= 0.3 is 0 Å². The summed E-state index contributed by atoms with van der Waals surface area (Å²) in [7, 11) is 0. The van der Waals surface area contributed by atoms with Crippen molar-refractivity contribution in [3.05, 3.63) is 71.3 Å². The van der Waals surface area contributed by atoms with Gasteiger partial charge in [-0.3, -0.25) is 28.9 Å². The Hall–Kier alpha value is -4.01. The van der Waals surface area contributed by atoms with Gasteiger partial charge in [0.25, 0.3) is 17.7 Å². The van der Waals surface area contributed by atoms with Crippen molar-refractivity contribution in [3.8, 4) is 0 Å². The highest BCUT2D eigenvalue weighted by Gasteiger charge is 2.37. The predicted molar refractivity (Wildman–Crippen MR) is 118 cm³/mol. The SMILES string of the molecule is O=C(NCC(=O)N1CCCN(C(=O)CN2C(=O)c3ccccc3C2=O)CC1)c1ccccc1. The first-order valence-electron chi connectivity index (χ1n) is 10.8. The van der Waals surface area contributed by atoms with E-state index in [9.17, 15) is 24.0 Å². The van der Waals surface area contributed by atoms with Crippen LogP contribution in [0.1, 0.15) is 37.5 Å². The highest BCUT2D eigenvalue weighted by molar-refractivity contribution is 6.22. The summed E-state index contributed by atoms with van der Waals surface area (Å²) in [4.78, 5) is 66.7. The summed E-state index contributed by atoms with van der Waals surface area (Å²) in [5.41, 5.74) is 1.09. The van der Waals surface area contributed by atoms with Crippen molar-refractivity contribution in [3.63, 3.8) is 0 Å². The topological polar surface area (TPSA) is 107 Å². The van der Waals surface area contributed by atoms with E-state index in [4.69, 9.17) is 0 Å². The molecule has 2 aliphatic rings. The molecule has 9 heteroatoms. The second kappa shape index (κ2) is 9.64. The van der Waals surface area contributed by atoms with Crippen LogP contribution in [0.2, 0.25) is 0 Å². The number of carbonyl (C=O) groups excluding carboxylic acids is 5. The molecule has 0 unspecified atom stereocenters. The summed E-state index contributed by atoms with van der Waals surface area (Å²) in [5, 5.41) is 2.62. The lowest BCUT2D eigenvalue weighted by Crippen LogP contribution is -2.45. The van der Waals surface area contributed by atoms with Crippen LogP contribution >= 0.6 is 0 Å². The molecule has 0 aliphatic carbocycles. The molecule has 2 aliphatic heterocycles. The second-order valence-corrected chi connectivity index (χ2v) is 7.91. The Bertz CT molecular complexity index is 1070. The van der Waals surface area contributed by atoms with Gasteiger partial charge in [-0.25, -0.2) is 0 Å². The van der Waals surface area contributed by atoms with Gasteiger partial charge in [0, 0.05) is 31.7 Å². The largest absolute Gasteiger partial charge is 0.343 e. The van der Waals surface area contributed by atoms with E-state index < -0.39 is 11.8 Å². The molecular weight excluding hydrogens is 424 g/mol. The van der Waals surface area contributed by atoms with Crippen LogP contribution in [-0.4, -0.2) is 83.5 Å². The first-order valence-corrected chi connectivity index (χ1v) is 10.8. The maximum Gasteiger partial charge on any atom is 0.262 e. The molecule has 0 bridgehead atoms. The molecule has 0 saturated carbocycles. The number of nitrogens with zero attached hydrogens (tertiary/aromatic N) is 3. The van der Waals surface area contributed by atoms with Crippen molar-refractivity contribution in [2.24, 2.45) is 0 Å². The molecule has 0 radical (unpaired) electrons. The van der Waals surface area contributed by atoms with Crippen LogP contribution in [0.4, 0.5) is 0 Å². The lowest BCUT2D eigenvalue weighted by atomic mass is 10.1. The highest BCUT2D eigenvalue weighted by Crippen LogP contribution is 2.22. The monoisotopic (exact) mass is 448 g/mol. The van der Waals surface area contributed by atoms with Crippen LogP contribution in [0.5, 0.6) is 0 Å². The zero-order valence-corrected chi connectivity index (χ0v) is 18.0. The molecule has 170 valence electrons. The predicted octanol–water partition coefficient (Wildman–Crippen LogP) is 0.774. The van der Waals surface area contributed by atoms with E-state index in [0.717, 1.165) is 4.90 Å². The number of carbonyl (C=O) groups is 5. The minimum atomic E-state index is -0.468. The summed E-state index contributed by atoms with van der Waals surface area (Å²) >= 11 is 0. The molecule has 2 aromatic carbocycles. The van der Waals surface area contributed by atoms with Crippen LogP contribution in [-0.2, 0) is 9.59 Å². The molecule has 0 aromatic heterocycles. The minimum Gasteiger partial charge on any atom is -0.343 e. The maximum atomic E-state index is 12.8. The smallest absolute Gasteiger partial charge is 0.262 e. The third-order valence-electron chi connectivity index (χ3n) is 5.81. The van der Waals surface area contributed by atoms with E-state index in [1.807, 2.05) is 0 Å². The van der Waals surface area contributed by atoms with Crippen molar-refractivity contribution in [1.29, 1.82) is 0 Å². The lowest BCUT2D eigenvalue weighted by molar-refractivity contribution is -0.133. The minimum absolute atomic E-state index is 0.128. The molecular formula is C24H24N4O5. The number of hydrogen-bond donors (Lipinski definition) is 1. The lowest BCUT2D eigenvalue weighted by Gasteiger charge is -2.24. The number of fused-ring (bicyclic) bond motifs is 1. The van der Waals surface area contributed by atoms with Gasteiger partial charge in [-0.1, -0.05) is 30.3 Å². The van der Waals surface area contributed by atoms with Gasteiger partial charge in [0.05, 0.1) is 17.7 Å². The normalized spacial score (nSPS) is 15.8. The van der Waals surface area contributed by atoms with Gasteiger partial charge in [0.15, 0.2) is 0 Å². The number of nitrogens with one attached hydrogen (secondary N) is 1. The van der Waals surface area contributed by atoms with E-state index in [1.165, 1.54) is 0 Å². The Labute approximate surface area is 190 Å². The Morgan fingerprint density at radius 1 is 0.727 bits per heavy atom. The molecule has 9 nitrogen and oxygen atoms in total. The van der Waals surface area contributed by atoms with Crippen LogP contribution in [0.3, 0.4) is 0 Å². The highest BCUT2D eigenvalue weighted by atomic mass is 16.2. The van der Waals surface area contributed by atoms with E-state index >= 15 is 0 Å². The standard InChI is InChI=1S/C24H24N4O5/c29-20(15-25-22(31)17-7-2-1-3-8-17)26-11-6-12-27(14-13-26)21(30)16-28-23(32)18-9-4-5-10-19(18)24(28)33/h1-5,7-10H,6,11-16H2,(H,25,31). The molecule has 1 fully saturated rings. The summed E-state index contributed by atoms with van der Waals surface area (Å²) in [6, 6.07) is 15.2. The Balaban J connectivity index is 1.28. The Morgan fingerprint density at radius 3 is 1.88 bits per heavy atom. The van der Waals surface area contributed by atoms with Crippen LogP contribution in [0.25, 0.3) is 0 Å². The van der Waals surface area contributed by atoms with Crippen molar-refractivity contribution in [2.45, 2.75) is 6.42 Å². The van der Waals surface area contributed by atoms with Gasteiger partial charge in [-0.05, 0) is 30.7 Å². The Morgan fingerprint density at radius 2 is 1.27 bits per heavy atom. The molecule has 5 amide bonds. The van der Waals surface area contributed by atoms with Gasteiger partial charge in [-0.2, -0.15) is 0 Å². The van der Waals surface area contributed by atoms with Gasteiger partial charge in [-0.15, -0.1) is 0 Å². The maximum absolute atomic E-state index is 12.8. The van der Waals surface area contributed by atoms with Gasteiger partial charge in [0.2, 0.25) is 11.8 Å². The van der Waals surface area contributed by atoms with Crippen LogP contribution in [0.15, 0.2) is 54.6 Å². The third-order valence-corrected chi connectivity index (χ3v) is 5.81.